The van der Waals surface area contributed by atoms with E-state index in [1.54, 1.807) is 37.3 Å². The van der Waals surface area contributed by atoms with E-state index >= 15 is 0 Å². The highest BCUT2D eigenvalue weighted by Gasteiger charge is 2.43. The first-order chi connectivity index (χ1) is 17.7. The highest BCUT2D eigenvalue weighted by molar-refractivity contribution is 6.32. The smallest absolute Gasteiger partial charge is 0.306 e. The number of urea groups is 1. The molecule has 0 spiro atoms. The second-order valence-corrected chi connectivity index (χ2v) is 9.10. The van der Waals surface area contributed by atoms with E-state index in [0.717, 1.165) is 29.3 Å². The predicted molar refractivity (Wildman–Crippen MR) is 129 cm³/mol. The molecule has 0 bridgehead atoms. The van der Waals surface area contributed by atoms with E-state index in [-0.39, 0.29) is 23.5 Å². The maximum absolute atomic E-state index is 13.2. The minimum absolute atomic E-state index is 0.0391. The molecule has 12 heteroatoms. The molecule has 0 aliphatic carbocycles. The Balaban J connectivity index is 1.71. The van der Waals surface area contributed by atoms with Gasteiger partial charge in [0.2, 0.25) is 0 Å². The van der Waals surface area contributed by atoms with Crippen molar-refractivity contribution in [2.45, 2.75) is 24.7 Å². The minimum atomic E-state index is -4.75. The van der Waals surface area contributed by atoms with Crippen molar-refractivity contribution in [3.63, 3.8) is 0 Å². The second-order valence-electron chi connectivity index (χ2n) is 8.70. The van der Waals surface area contributed by atoms with Crippen LogP contribution in [0.25, 0.3) is 0 Å². The summed E-state index contributed by atoms with van der Waals surface area (Å²) in [6.45, 7) is 1.72. The molecule has 1 unspecified atom stereocenters. The van der Waals surface area contributed by atoms with Crippen LogP contribution in [0.4, 0.5) is 36.8 Å². The van der Waals surface area contributed by atoms with Crippen LogP contribution in [0.2, 0.25) is 5.02 Å². The molecule has 0 saturated carbocycles. The molecule has 0 saturated heterocycles. The van der Waals surface area contributed by atoms with Crippen LogP contribution >= 0.6 is 11.6 Å². The van der Waals surface area contributed by atoms with Gasteiger partial charge in [0.05, 0.1) is 45.5 Å². The Morgan fingerprint density at radius 1 is 1.00 bits per heavy atom. The number of alkyl halides is 6. The van der Waals surface area contributed by atoms with Crippen molar-refractivity contribution in [3.8, 4) is 6.07 Å². The highest BCUT2D eigenvalue weighted by atomic mass is 35.5. The monoisotopic (exact) mass is 550 g/mol. The molecule has 1 aliphatic heterocycles. The molecule has 1 aliphatic rings. The van der Waals surface area contributed by atoms with Crippen LogP contribution in [0.15, 0.2) is 71.8 Å². The third-order valence-electron chi connectivity index (χ3n) is 6.10. The number of rotatable bonds is 3. The van der Waals surface area contributed by atoms with Crippen LogP contribution in [0.5, 0.6) is 0 Å². The molecular weight excluding hydrogens is 534 g/mol. The largest absolute Gasteiger partial charge is 0.417 e. The maximum Gasteiger partial charge on any atom is 0.417 e. The zero-order chi connectivity index (χ0) is 27.9. The van der Waals surface area contributed by atoms with Gasteiger partial charge < -0.3 is 5.32 Å². The molecule has 1 N–H and O–H groups in total. The van der Waals surface area contributed by atoms with Crippen LogP contribution in [-0.4, -0.2) is 23.3 Å². The Kier molecular flexibility index (Phi) is 6.88. The average molecular weight is 551 g/mol. The molecule has 0 aromatic heterocycles. The lowest BCUT2D eigenvalue weighted by atomic mass is 9.76. The Morgan fingerprint density at radius 2 is 1.63 bits per heavy atom. The van der Waals surface area contributed by atoms with E-state index < -0.39 is 45.5 Å². The lowest BCUT2D eigenvalue weighted by Gasteiger charge is -2.27. The first-order valence-corrected chi connectivity index (χ1v) is 11.3. The third-order valence-corrected chi connectivity index (χ3v) is 6.41. The fourth-order valence-electron chi connectivity index (χ4n) is 4.21. The van der Waals surface area contributed by atoms with Crippen molar-refractivity contribution in [1.29, 1.82) is 5.26 Å². The summed E-state index contributed by atoms with van der Waals surface area (Å²) in [7, 11) is 0. The summed E-state index contributed by atoms with van der Waals surface area (Å²) in [5, 5.41) is 16.4. The number of nitrogens with zero attached hydrogens (tertiary/aromatic N) is 3. The summed E-state index contributed by atoms with van der Waals surface area (Å²) in [4.78, 5) is 13.1. The molecule has 3 aromatic rings. The molecule has 4 rings (SSSR count). The van der Waals surface area contributed by atoms with Crippen molar-refractivity contribution >= 4 is 29.0 Å². The number of hydrazone groups is 1. The lowest BCUT2D eigenvalue weighted by molar-refractivity contribution is -0.138. The summed E-state index contributed by atoms with van der Waals surface area (Å²) in [6.07, 6.45) is -9.41. The van der Waals surface area contributed by atoms with Gasteiger partial charge in [-0.1, -0.05) is 48.0 Å². The van der Waals surface area contributed by atoms with Crippen LogP contribution in [0, 0.1) is 11.3 Å². The molecule has 0 radical (unpaired) electrons. The van der Waals surface area contributed by atoms with Crippen LogP contribution in [0.3, 0.4) is 0 Å². The van der Waals surface area contributed by atoms with E-state index in [2.05, 4.69) is 10.4 Å². The number of anilines is 1. The molecule has 0 fully saturated rings. The number of hydrogen-bond donors (Lipinski definition) is 1. The summed E-state index contributed by atoms with van der Waals surface area (Å²) >= 11 is 5.94. The second kappa shape index (κ2) is 9.68. The maximum atomic E-state index is 13.2. The lowest BCUT2D eigenvalue weighted by Crippen LogP contribution is -2.38. The Hall–Kier alpha value is -4.04. The van der Waals surface area contributed by atoms with Crippen molar-refractivity contribution in [2.24, 2.45) is 5.10 Å². The highest BCUT2D eigenvalue weighted by Crippen LogP contribution is 2.39. The van der Waals surface area contributed by atoms with E-state index in [1.165, 1.54) is 12.1 Å². The van der Waals surface area contributed by atoms with Gasteiger partial charge in [0.25, 0.3) is 0 Å². The number of benzene rings is 3. The van der Waals surface area contributed by atoms with Crippen molar-refractivity contribution in [1.82, 2.24) is 5.01 Å². The first kappa shape index (κ1) is 27.0. The van der Waals surface area contributed by atoms with Crippen molar-refractivity contribution < 1.29 is 31.1 Å². The molecule has 196 valence electrons. The number of carbonyl (C=O) groups is 1. The number of nitrogens with one attached hydrogen (secondary N) is 1. The Bertz CT molecular complexity index is 1460. The number of carbonyl (C=O) groups excluding carboxylic acids is 1. The quantitative estimate of drug-likeness (QED) is 0.344. The minimum Gasteiger partial charge on any atom is -0.306 e. The van der Waals surface area contributed by atoms with Crippen LogP contribution in [0.1, 0.15) is 34.7 Å². The van der Waals surface area contributed by atoms with Gasteiger partial charge >= 0.3 is 18.4 Å². The van der Waals surface area contributed by atoms with E-state index in [4.69, 9.17) is 16.9 Å². The molecular formula is C26H17ClF6N4O. The predicted octanol–water partition coefficient (Wildman–Crippen LogP) is 7.46. The van der Waals surface area contributed by atoms with Gasteiger partial charge in [-0.2, -0.15) is 36.7 Å². The van der Waals surface area contributed by atoms with Crippen molar-refractivity contribution in [2.75, 3.05) is 11.9 Å². The molecule has 38 heavy (non-hydrogen) atoms. The van der Waals surface area contributed by atoms with Crippen LogP contribution < -0.4 is 5.32 Å². The van der Waals surface area contributed by atoms with Gasteiger partial charge in [-0.15, -0.1) is 0 Å². The standard InChI is InChI=1S/C26H17ClF6N4O/c1-24(17-5-3-2-4-6-17)14-37(36-22(24)15-7-9-20(21(27)12-15)26(31,32)33)23(38)35-18-8-10-19(25(28,29)30)16(11-18)13-34/h2-12H,14H2,1H3,(H,35,38). The van der Waals surface area contributed by atoms with E-state index in [9.17, 15) is 31.1 Å². The summed E-state index contributed by atoms with van der Waals surface area (Å²) in [6, 6.07) is 15.2. The molecule has 1 heterocycles. The molecule has 5 nitrogen and oxygen atoms in total. The first-order valence-electron chi connectivity index (χ1n) is 11.0. The van der Waals surface area contributed by atoms with Crippen LogP contribution in [-0.2, 0) is 17.8 Å². The van der Waals surface area contributed by atoms with Gasteiger partial charge in [0.15, 0.2) is 0 Å². The average Bonchev–Trinajstić information content (AvgIpc) is 3.22. The molecule has 3 aromatic carbocycles. The van der Waals surface area contributed by atoms with Gasteiger partial charge in [-0.3, -0.25) is 0 Å². The topological polar surface area (TPSA) is 68.5 Å². The Morgan fingerprint density at radius 3 is 2.21 bits per heavy atom. The molecule has 1 atom stereocenters. The van der Waals surface area contributed by atoms with Crippen molar-refractivity contribution in [3.05, 3.63) is 99.6 Å². The third kappa shape index (κ3) is 5.17. The zero-order valence-corrected chi connectivity index (χ0v) is 20.2. The summed E-state index contributed by atoms with van der Waals surface area (Å²) in [5.41, 5.74) is -2.64. The number of hydrogen-bond acceptors (Lipinski definition) is 3. The van der Waals surface area contributed by atoms with Gasteiger partial charge in [-0.25, -0.2) is 9.80 Å². The fraction of sp³-hybridized carbons (Fsp3) is 0.192. The SMILES string of the molecule is CC1(c2ccccc2)CN(C(=O)Nc2ccc(C(F)(F)F)c(C#N)c2)N=C1c1ccc(C(F)(F)F)c(Cl)c1. The zero-order valence-electron chi connectivity index (χ0n) is 19.5. The fourth-order valence-corrected chi connectivity index (χ4v) is 4.50. The van der Waals surface area contributed by atoms with Gasteiger partial charge in [-0.05, 0) is 42.8 Å². The number of nitriles is 1. The van der Waals surface area contributed by atoms with E-state index in [1.807, 2.05) is 0 Å². The van der Waals surface area contributed by atoms with E-state index in [0.29, 0.717) is 11.6 Å². The summed E-state index contributed by atoms with van der Waals surface area (Å²) in [5.74, 6) is 0. The van der Waals surface area contributed by atoms with Gasteiger partial charge in [0, 0.05) is 11.3 Å². The van der Waals surface area contributed by atoms with Gasteiger partial charge in [0.1, 0.15) is 0 Å². The molecule has 2 amide bonds. The number of amides is 2. The normalized spacial score (nSPS) is 17.7. The Labute approximate surface area is 217 Å². The number of halogens is 7. The summed E-state index contributed by atoms with van der Waals surface area (Å²) < 4.78 is 79.0.